The lowest BCUT2D eigenvalue weighted by atomic mass is 9.42. The number of ketones is 1. The summed E-state index contributed by atoms with van der Waals surface area (Å²) in [5, 5.41) is 0. The van der Waals surface area contributed by atoms with Gasteiger partial charge in [0.05, 0.1) is 10.8 Å². The van der Waals surface area contributed by atoms with Gasteiger partial charge in [0, 0.05) is 5.92 Å². The minimum Gasteiger partial charge on any atom is -0.297 e. The van der Waals surface area contributed by atoms with Crippen LogP contribution in [0.1, 0.15) is 0 Å². The van der Waals surface area contributed by atoms with Crippen molar-refractivity contribution < 1.29 is 4.79 Å². The van der Waals surface area contributed by atoms with Gasteiger partial charge in [-0.3, -0.25) is 4.79 Å². The van der Waals surface area contributed by atoms with Crippen LogP contribution in [-0.2, 0) is 4.79 Å². The van der Waals surface area contributed by atoms with Crippen LogP contribution in [0, 0.1) is 11.8 Å². The van der Waals surface area contributed by atoms with Crippen LogP contribution in [0.25, 0.3) is 0 Å². The van der Waals surface area contributed by atoms with Crippen LogP contribution in [0.4, 0.5) is 0 Å². The third-order valence-corrected chi connectivity index (χ3v) is 12.9. The predicted molar refractivity (Wildman–Crippen MR) is 77.9 cm³/mol. The summed E-state index contributed by atoms with van der Waals surface area (Å²) >= 11 is 52.4. The lowest BCUT2D eigenvalue weighted by molar-refractivity contribution is -0.123. The fourth-order valence-electron chi connectivity index (χ4n) is 5.67. The van der Waals surface area contributed by atoms with Gasteiger partial charge >= 0.3 is 0 Å². The van der Waals surface area contributed by atoms with E-state index in [1.807, 2.05) is 0 Å². The van der Waals surface area contributed by atoms with Crippen molar-refractivity contribution in [2.45, 2.75) is 33.6 Å². The molecule has 0 radical (unpaired) electrons. The smallest absolute Gasteiger partial charge is 0.162 e. The first-order valence-electron chi connectivity index (χ1n) is 5.45. The van der Waals surface area contributed by atoms with Gasteiger partial charge in [-0.2, -0.15) is 0 Å². The van der Waals surface area contributed by atoms with E-state index in [0.717, 1.165) is 0 Å². The zero-order valence-electron chi connectivity index (χ0n) is 8.59. The van der Waals surface area contributed by atoms with E-state index in [0.29, 0.717) is 0 Å². The summed E-state index contributed by atoms with van der Waals surface area (Å²) in [5.41, 5.74) is 0. The Morgan fingerprint density at radius 3 is 1.84 bits per heavy atom. The predicted octanol–water partition coefficient (Wildman–Crippen LogP) is 3.90. The highest BCUT2D eigenvalue weighted by molar-refractivity contribution is 6.74. The fraction of sp³-hybridized carbons (Fsp3) is 0.900. The van der Waals surface area contributed by atoms with Crippen LogP contribution in [0.5, 0.6) is 0 Å². The zero-order valence-corrected chi connectivity index (χ0v) is 14.6. The molecule has 0 aromatic carbocycles. The number of rotatable bonds is 0. The van der Waals surface area contributed by atoms with Crippen molar-refractivity contribution in [2.24, 2.45) is 11.8 Å². The standard InChI is InChI=1S/C10H2Cl8O/c11-4-1-2(19)5(12)3(4)7(14)8(5,15)6(1,13)9(4,16)10(7,17)18/h1,3H. The molecule has 6 aliphatic carbocycles. The van der Waals surface area contributed by atoms with E-state index in [4.69, 9.17) is 92.8 Å². The van der Waals surface area contributed by atoms with E-state index in [2.05, 4.69) is 0 Å². The van der Waals surface area contributed by atoms with Gasteiger partial charge in [-0.05, 0) is 0 Å². The molecule has 6 saturated carbocycles. The van der Waals surface area contributed by atoms with Gasteiger partial charge in [-0.15, -0.1) is 69.6 Å². The zero-order chi connectivity index (χ0) is 14.2. The van der Waals surface area contributed by atoms with Crippen molar-refractivity contribution in [2.75, 3.05) is 0 Å². The molecule has 0 amide bonds. The van der Waals surface area contributed by atoms with Crippen molar-refractivity contribution in [3.8, 4) is 0 Å². The van der Waals surface area contributed by atoms with Crippen molar-refractivity contribution >= 4 is 98.6 Å². The highest BCUT2D eigenvalue weighted by atomic mass is 35.5. The molecule has 0 aliphatic heterocycles. The first-order valence-corrected chi connectivity index (χ1v) is 8.47. The molecule has 8 atom stereocenters. The number of hydrogen-bond donors (Lipinski definition) is 0. The number of halogens is 8. The quantitative estimate of drug-likeness (QED) is 0.542. The van der Waals surface area contributed by atoms with E-state index < -0.39 is 45.4 Å². The average molecular weight is 422 g/mol. The Hall–Kier alpha value is 1.99. The van der Waals surface area contributed by atoms with Gasteiger partial charge in [0.1, 0.15) is 24.4 Å². The normalized spacial score (nSPS) is 80.3. The van der Waals surface area contributed by atoms with Crippen LogP contribution in [0.3, 0.4) is 0 Å². The lowest BCUT2D eigenvalue weighted by Crippen LogP contribution is -2.94. The Morgan fingerprint density at radius 2 is 1.32 bits per heavy atom. The van der Waals surface area contributed by atoms with E-state index in [1.54, 1.807) is 0 Å². The SMILES string of the molecule is O=C1C2C3(Cl)C4C1(Cl)C1(Cl)C4(Cl)C(Cl)(Cl)C3(Cl)C21Cl. The van der Waals surface area contributed by atoms with Gasteiger partial charge in [0.25, 0.3) is 0 Å². The molecule has 0 spiro atoms. The molecule has 1 nitrogen and oxygen atoms in total. The summed E-state index contributed by atoms with van der Waals surface area (Å²) in [6.45, 7) is 0. The molecular formula is C10H2Cl8O. The lowest BCUT2D eigenvalue weighted by Gasteiger charge is -2.76. The molecule has 0 aromatic rings. The number of alkyl halides is 8. The molecule has 0 heterocycles. The number of carbonyl (C=O) groups excluding carboxylic acids is 1. The maximum atomic E-state index is 12.5. The maximum absolute atomic E-state index is 12.5. The van der Waals surface area contributed by atoms with Crippen molar-refractivity contribution in [1.82, 2.24) is 0 Å². The topological polar surface area (TPSA) is 17.1 Å². The maximum Gasteiger partial charge on any atom is 0.162 e. The Labute approximate surface area is 148 Å². The summed E-state index contributed by atoms with van der Waals surface area (Å²) in [7, 11) is 0. The summed E-state index contributed by atoms with van der Waals surface area (Å²) in [6, 6.07) is 0. The van der Waals surface area contributed by atoms with E-state index >= 15 is 0 Å². The van der Waals surface area contributed by atoms with Gasteiger partial charge in [0.2, 0.25) is 0 Å². The summed E-state index contributed by atoms with van der Waals surface area (Å²) in [5.74, 6) is -1.76. The number of Topliss-reactive ketones (excluding diaryl/α,β-unsaturated/α-hetero) is 1. The molecule has 6 fully saturated rings. The molecule has 6 aliphatic rings. The average Bonchev–Trinajstić information content (AvgIpc) is 2.60. The molecule has 104 valence electrons. The van der Waals surface area contributed by atoms with Gasteiger partial charge < -0.3 is 0 Å². The Bertz CT molecular complexity index is 637. The van der Waals surface area contributed by atoms with E-state index in [-0.39, 0.29) is 5.78 Å². The first kappa shape index (κ1) is 13.4. The second-order valence-electron chi connectivity index (χ2n) is 6.02. The van der Waals surface area contributed by atoms with Crippen LogP contribution < -0.4 is 0 Å². The molecule has 8 unspecified atom stereocenters. The molecule has 9 heteroatoms. The van der Waals surface area contributed by atoms with Gasteiger partial charge in [-0.25, -0.2) is 0 Å². The monoisotopic (exact) mass is 418 g/mol. The summed E-state index contributed by atoms with van der Waals surface area (Å²) < 4.78 is -1.66. The largest absolute Gasteiger partial charge is 0.297 e. The molecular weight excluding hydrogens is 420 g/mol. The second-order valence-corrected chi connectivity index (χ2v) is 10.9. The molecule has 0 saturated heterocycles. The minimum atomic E-state index is -1.66. The third kappa shape index (κ3) is 0.587. The molecule has 6 rings (SSSR count). The molecule has 0 N–H and O–H groups in total. The fourth-order valence-corrected chi connectivity index (χ4v) is 12.2. The highest BCUT2D eigenvalue weighted by Crippen LogP contribution is 3.05. The van der Waals surface area contributed by atoms with Crippen molar-refractivity contribution in [1.29, 1.82) is 0 Å². The molecule has 0 aromatic heterocycles. The number of hydrogen-bond acceptors (Lipinski definition) is 1. The Balaban J connectivity index is 2.01. The van der Waals surface area contributed by atoms with Crippen LogP contribution in [-0.4, -0.2) is 39.4 Å². The van der Waals surface area contributed by atoms with E-state index in [1.165, 1.54) is 0 Å². The van der Waals surface area contributed by atoms with Crippen molar-refractivity contribution in [3.63, 3.8) is 0 Å². The number of carbonyl (C=O) groups is 1. The Morgan fingerprint density at radius 1 is 0.789 bits per heavy atom. The van der Waals surface area contributed by atoms with E-state index in [9.17, 15) is 4.79 Å². The highest BCUT2D eigenvalue weighted by Gasteiger charge is 3.22. The van der Waals surface area contributed by atoms with Crippen LogP contribution in [0.2, 0.25) is 0 Å². The minimum absolute atomic E-state index is 0.296. The van der Waals surface area contributed by atoms with Gasteiger partial charge in [0.15, 0.2) is 10.1 Å². The molecule has 19 heavy (non-hydrogen) atoms. The van der Waals surface area contributed by atoms with Crippen LogP contribution in [0.15, 0.2) is 0 Å². The van der Waals surface area contributed by atoms with Gasteiger partial charge in [-0.1, -0.05) is 23.2 Å². The third-order valence-electron chi connectivity index (χ3n) is 6.08. The summed E-state index contributed by atoms with van der Waals surface area (Å²) in [4.78, 5) is 3.96. The Kier molecular flexibility index (Phi) is 1.81. The van der Waals surface area contributed by atoms with Crippen LogP contribution >= 0.6 is 92.8 Å². The first-order chi connectivity index (χ1) is 8.39. The van der Waals surface area contributed by atoms with Crippen molar-refractivity contribution in [3.05, 3.63) is 0 Å². The molecule has 4 bridgehead atoms. The summed E-state index contributed by atoms with van der Waals surface area (Å²) in [6.07, 6.45) is 0. The second kappa shape index (κ2) is 2.57.